The van der Waals surface area contributed by atoms with E-state index in [-0.39, 0.29) is 0 Å². The first-order valence-electron chi connectivity index (χ1n) is 8.91. The smallest absolute Gasteiger partial charge is 0.0235 e. The average Bonchev–Trinajstić information content (AvgIpc) is 3.38. The highest BCUT2D eigenvalue weighted by Crippen LogP contribution is 2.47. The van der Waals surface area contributed by atoms with Gasteiger partial charge in [0.2, 0.25) is 0 Å². The summed E-state index contributed by atoms with van der Waals surface area (Å²) in [4.78, 5) is 2.86. The number of benzene rings is 1. The summed E-state index contributed by atoms with van der Waals surface area (Å²) in [5, 5.41) is 3.79. The molecule has 0 spiro atoms. The van der Waals surface area contributed by atoms with E-state index in [2.05, 4.69) is 40.5 Å². The molecule has 1 atom stereocenters. The van der Waals surface area contributed by atoms with Crippen LogP contribution in [-0.2, 0) is 6.42 Å². The van der Waals surface area contributed by atoms with Crippen molar-refractivity contribution in [2.24, 2.45) is 11.8 Å². The highest BCUT2D eigenvalue weighted by molar-refractivity contribution is 5.16. The molecule has 3 aliphatic rings. The second-order valence-corrected chi connectivity index (χ2v) is 7.35. The van der Waals surface area contributed by atoms with Crippen molar-refractivity contribution < 1.29 is 0 Å². The summed E-state index contributed by atoms with van der Waals surface area (Å²) in [5.41, 5.74) is 1.48. The minimum absolute atomic E-state index is 0.634. The summed E-state index contributed by atoms with van der Waals surface area (Å²) in [7, 11) is 0. The summed E-state index contributed by atoms with van der Waals surface area (Å²) in [6.07, 6.45) is 8.48. The zero-order chi connectivity index (χ0) is 14.1. The predicted molar refractivity (Wildman–Crippen MR) is 87.4 cm³/mol. The molecule has 1 unspecified atom stereocenters. The van der Waals surface area contributed by atoms with E-state index in [9.17, 15) is 0 Å². The predicted octanol–water partition coefficient (Wildman–Crippen LogP) is 3.08. The van der Waals surface area contributed by atoms with Crippen molar-refractivity contribution >= 4 is 0 Å². The number of nitrogens with one attached hydrogen (secondary N) is 1. The Morgan fingerprint density at radius 1 is 1.05 bits per heavy atom. The average molecular weight is 284 g/mol. The SMILES string of the molecule is c1ccc(CC2CN(C(C3CC3)C3CC3)CCCN2)cc1. The van der Waals surface area contributed by atoms with Gasteiger partial charge in [-0.1, -0.05) is 30.3 Å². The molecule has 0 aromatic heterocycles. The summed E-state index contributed by atoms with van der Waals surface area (Å²) in [6.45, 7) is 3.76. The zero-order valence-corrected chi connectivity index (χ0v) is 13.0. The summed E-state index contributed by atoms with van der Waals surface area (Å²) in [5.74, 6) is 2.07. The van der Waals surface area contributed by atoms with Crippen LogP contribution in [0.5, 0.6) is 0 Å². The first kappa shape index (κ1) is 13.8. The van der Waals surface area contributed by atoms with E-state index in [4.69, 9.17) is 0 Å². The number of nitrogens with zero attached hydrogens (tertiary/aromatic N) is 1. The molecule has 1 aliphatic heterocycles. The normalized spacial score (nSPS) is 27.8. The van der Waals surface area contributed by atoms with Crippen molar-refractivity contribution in [2.75, 3.05) is 19.6 Å². The van der Waals surface area contributed by atoms with Crippen LogP contribution in [0.4, 0.5) is 0 Å². The van der Waals surface area contributed by atoms with Crippen LogP contribution in [0.3, 0.4) is 0 Å². The lowest BCUT2D eigenvalue weighted by molar-refractivity contribution is 0.153. The monoisotopic (exact) mass is 284 g/mol. The van der Waals surface area contributed by atoms with Gasteiger partial charge in [0.1, 0.15) is 0 Å². The highest BCUT2D eigenvalue weighted by atomic mass is 15.2. The van der Waals surface area contributed by atoms with Crippen LogP contribution in [0, 0.1) is 11.8 Å². The fourth-order valence-electron chi connectivity index (χ4n) is 4.19. The van der Waals surface area contributed by atoms with E-state index in [0.29, 0.717) is 6.04 Å². The van der Waals surface area contributed by atoms with Gasteiger partial charge < -0.3 is 5.32 Å². The minimum atomic E-state index is 0.634. The van der Waals surface area contributed by atoms with Crippen LogP contribution in [0.1, 0.15) is 37.7 Å². The molecule has 2 saturated carbocycles. The molecular weight excluding hydrogens is 256 g/mol. The van der Waals surface area contributed by atoms with E-state index in [1.54, 1.807) is 0 Å². The molecular formula is C19H28N2. The third-order valence-corrected chi connectivity index (χ3v) is 5.47. The van der Waals surface area contributed by atoms with Crippen LogP contribution >= 0.6 is 0 Å². The molecule has 0 radical (unpaired) electrons. The van der Waals surface area contributed by atoms with Gasteiger partial charge in [-0.25, -0.2) is 0 Å². The van der Waals surface area contributed by atoms with E-state index in [0.717, 1.165) is 17.9 Å². The maximum absolute atomic E-state index is 3.79. The molecule has 0 bridgehead atoms. The van der Waals surface area contributed by atoms with Crippen LogP contribution < -0.4 is 5.32 Å². The molecule has 2 heteroatoms. The minimum Gasteiger partial charge on any atom is -0.312 e. The fourth-order valence-corrected chi connectivity index (χ4v) is 4.19. The lowest BCUT2D eigenvalue weighted by Crippen LogP contribution is -2.45. The van der Waals surface area contributed by atoms with Crippen LogP contribution in [-0.4, -0.2) is 36.6 Å². The van der Waals surface area contributed by atoms with E-state index in [1.807, 2.05) is 0 Å². The zero-order valence-electron chi connectivity index (χ0n) is 13.0. The molecule has 1 aromatic carbocycles. The summed E-state index contributed by atoms with van der Waals surface area (Å²) in [6, 6.07) is 12.6. The molecule has 4 rings (SSSR count). The molecule has 2 aliphatic carbocycles. The van der Waals surface area contributed by atoms with E-state index >= 15 is 0 Å². The lowest BCUT2D eigenvalue weighted by atomic mass is 10.0. The van der Waals surface area contributed by atoms with Gasteiger partial charge in [0, 0.05) is 18.6 Å². The topological polar surface area (TPSA) is 15.3 Å². The Labute approximate surface area is 128 Å². The van der Waals surface area contributed by atoms with Crippen molar-refractivity contribution in [3.05, 3.63) is 35.9 Å². The van der Waals surface area contributed by atoms with Crippen molar-refractivity contribution in [1.29, 1.82) is 0 Å². The highest BCUT2D eigenvalue weighted by Gasteiger charge is 2.44. The van der Waals surface area contributed by atoms with Crippen LogP contribution in [0.25, 0.3) is 0 Å². The van der Waals surface area contributed by atoms with Crippen molar-refractivity contribution in [1.82, 2.24) is 10.2 Å². The maximum atomic E-state index is 3.79. The molecule has 21 heavy (non-hydrogen) atoms. The van der Waals surface area contributed by atoms with Gasteiger partial charge >= 0.3 is 0 Å². The molecule has 2 nitrogen and oxygen atoms in total. The molecule has 1 aromatic rings. The first-order chi connectivity index (χ1) is 10.4. The molecule has 1 heterocycles. The second-order valence-electron chi connectivity index (χ2n) is 7.35. The van der Waals surface area contributed by atoms with Crippen LogP contribution in [0.2, 0.25) is 0 Å². The number of hydrogen-bond acceptors (Lipinski definition) is 2. The largest absolute Gasteiger partial charge is 0.312 e. The lowest BCUT2D eigenvalue weighted by Gasteiger charge is -2.33. The molecule has 1 saturated heterocycles. The standard InChI is InChI=1S/C19H28N2/c1-2-5-15(6-3-1)13-18-14-21(12-4-11-20-18)19(16-7-8-16)17-9-10-17/h1-3,5-6,16-20H,4,7-14H2. The molecule has 0 amide bonds. The van der Waals surface area contributed by atoms with Gasteiger partial charge in [-0.3, -0.25) is 4.90 Å². The maximum Gasteiger partial charge on any atom is 0.0235 e. The molecule has 3 fully saturated rings. The quantitative estimate of drug-likeness (QED) is 0.894. The third-order valence-electron chi connectivity index (χ3n) is 5.47. The summed E-state index contributed by atoms with van der Waals surface area (Å²) >= 11 is 0. The van der Waals surface area contributed by atoms with E-state index in [1.165, 1.54) is 63.7 Å². The van der Waals surface area contributed by atoms with Gasteiger partial charge in [0.25, 0.3) is 0 Å². The Kier molecular flexibility index (Phi) is 4.00. The first-order valence-corrected chi connectivity index (χ1v) is 8.91. The number of rotatable bonds is 5. The van der Waals surface area contributed by atoms with Gasteiger partial charge in [-0.2, -0.15) is 0 Å². The van der Waals surface area contributed by atoms with Gasteiger partial charge in [0.15, 0.2) is 0 Å². The molecule has 1 N–H and O–H groups in total. The Morgan fingerprint density at radius 3 is 2.43 bits per heavy atom. The Morgan fingerprint density at radius 2 is 1.76 bits per heavy atom. The summed E-state index contributed by atoms with van der Waals surface area (Å²) < 4.78 is 0. The Bertz CT molecular complexity index is 438. The molecule has 114 valence electrons. The van der Waals surface area contributed by atoms with Gasteiger partial charge in [0.05, 0.1) is 0 Å². The van der Waals surface area contributed by atoms with Crippen molar-refractivity contribution in [3.8, 4) is 0 Å². The van der Waals surface area contributed by atoms with Crippen molar-refractivity contribution in [2.45, 2.75) is 50.6 Å². The third kappa shape index (κ3) is 3.49. The fraction of sp³-hybridized carbons (Fsp3) is 0.684. The van der Waals surface area contributed by atoms with Crippen LogP contribution in [0.15, 0.2) is 30.3 Å². The second kappa shape index (κ2) is 6.10. The van der Waals surface area contributed by atoms with E-state index < -0.39 is 0 Å². The Hall–Kier alpha value is -0.860. The Balaban J connectivity index is 1.43. The van der Waals surface area contributed by atoms with Gasteiger partial charge in [-0.15, -0.1) is 0 Å². The number of hydrogen-bond donors (Lipinski definition) is 1. The van der Waals surface area contributed by atoms with Crippen molar-refractivity contribution in [3.63, 3.8) is 0 Å². The van der Waals surface area contributed by atoms with Gasteiger partial charge in [-0.05, 0) is 69.0 Å².